The zero-order chi connectivity index (χ0) is 18.2. The Morgan fingerprint density at radius 2 is 2.00 bits per heavy atom. The zero-order valence-corrected chi connectivity index (χ0v) is 19.1. The van der Waals surface area contributed by atoms with Crippen molar-refractivity contribution in [3.05, 3.63) is 35.4 Å². The first kappa shape index (κ1) is 22.4. The minimum Gasteiger partial charge on any atom is -0.379 e. The van der Waals surface area contributed by atoms with Gasteiger partial charge in [-0.15, -0.1) is 24.0 Å². The third-order valence-electron chi connectivity index (χ3n) is 5.23. The molecule has 2 N–H and O–H groups in total. The second kappa shape index (κ2) is 11.9. The minimum absolute atomic E-state index is 0. The Kier molecular flexibility index (Phi) is 9.86. The molecule has 2 aliphatic rings. The SMILES string of the molecule is CN=C(NCCOCC1CC1)NC1CCN(Cc2cccc(C)c2)CC1.I. The van der Waals surface area contributed by atoms with Crippen LogP contribution in [0.1, 0.15) is 36.8 Å². The lowest BCUT2D eigenvalue weighted by Crippen LogP contribution is -2.49. The van der Waals surface area contributed by atoms with Gasteiger partial charge in [-0.3, -0.25) is 9.89 Å². The van der Waals surface area contributed by atoms with Gasteiger partial charge in [0.25, 0.3) is 0 Å². The van der Waals surface area contributed by atoms with Gasteiger partial charge in [0.2, 0.25) is 0 Å². The zero-order valence-electron chi connectivity index (χ0n) is 16.7. The van der Waals surface area contributed by atoms with Crippen molar-refractivity contribution in [3.63, 3.8) is 0 Å². The second-order valence-electron chi connectivity index (χ2n) is 7.70. The number of nitrogens with one attached hydrogen (secondary N) is 2. The Morgan fingerprint density at radius 3 is 2.67 bits per heavy atom. The highest BCUT2D eigenvalue weighted by Gasteiger charge is 2.21. The Bertz CT molecular complexity index is 583. The summed E-state index contributed by atoms with van der Waals surface area (Å²) in [6, 6.07) is 9.34. The van der Waals surface area contributed by atoms with E-state index in [0.717, 1.165) is 64.1 Å². The van der Waals surface area contributed by atoms with E-state index in [9.17, 15) is 0 Å². The van der Waals surface area contributed by atoms with Crippen LogP contribution in [0.5, 0.6) is 0 Å². The molecular weight excluding hydrogens is 451 g/mol. The van der Waals surface area contributed by atoms with E-state index in [1.54, 1.807) is 0 Å². The molecule has 1 heterocycles. The van der Waals surface area contributed by atoms with E-state index < -0.39 is 0 Å². The summed E-state index contributed by atoms with van der Waals surface area (Å²) < 4.78 is 5.67. The standard InChI is InChI=1S/C21H34N4O.HI/c1-17-4-3-5-19(14-17)15-25-11-8-20(9-12-25)24-21(22-2)23-10-13-26-16-18-6-7-18;/h3-5,14,18,20H,6-13,15-16H2,1-2H3,(H2,22,23,24);1H. The molecule has 0 unspecified atom stereocenters. The number of aryl methyl sites for hydroxylation is 1. The highest BCUT2D eigenvalue weighted by atomic mass is 127. The number of benzene rings is 1. The average molecular weight is 486 g/mol. The molecule has 1 aromatic carbocycles. The van der Waals surface area contributed by atoms with Crippen molar-refractivity contribution in [2.24, 2.45) is 10.9 Å². The molecule has 1 aliphatic heterocycles. The molecule has 152 valence electrons. The number of hydrogen-bond donors (Lipinski definition) is 2. The Hall–Kier alpha value is -0.860. The van der Waals surface area contributed by atoms with Crippen LogP contribution in [0.3, 0.4) is 0 Å². The number of halogens is 1. The monoisotopic (exact) mass is 486 g/mol. The second-order valence-corrected chi connectivity index (χ2v) is 7.70. The first-order valence-electron chi connectivity index (χ1n) is 10.1. The summed E-state index contributed by atoms with van der Waals surface area (Å²) in [5, 5.41) is 6.94. The molecule has 1 aromatic rings. The molecule has 3 rings (SSSR count). The normalized spacial score (nSPS) is 18.8. The molecule has 27 heavy (non-hydrogen) atoms. The van der Waals surface area contributed by atoms with E-state index in [-0.39, 0.29) is 24.0 Å². The lowest BCUT2D eigenvalue weighted by molar-refractivity contribution is 0.129. The van der Waals surface area contributed by atoms with Crippen molar-refractivity contribution in [1.29, 1.82) is 0 Å². The summed E-state index contributed by atoms with van der Waals surface area (Å²) in [6.07, 6.45) is 5.01. The van der Waals surface area contributed by atoms with Crippen LogP contribution in [-0.2, 0) is 11.3 Å². The summed E-state index contributed by atoms with van der Waals surface area (Å²) in [4.78, 5) is 6.90. The molecule has 5 nitrogen and oxygen atoms in total. The van der Waals surface area contributed by atoms with Gasteiger partial charge in [-0.05, 0) is 44.1 Å². The molecule has 1 saturated carbocycles. The van der Waals surface area contributed by atoms with Crippen molar-refractivity contribution in [2.75, 3.05) is 39.9 Å². The first-order chi connectivity index (χ1) is 12.7. The van der Waals surface area contributed by atoms with Gasteiger partial charge in [-0.2, -0.15) is 0 Å². The van der Waals surface area contributed by atoms with E-state index in [2.05, 4.69) is 51.7 Å². The molecule has 0 amide bonds. The van der Waals surface area contributed by atoms with Crippen LogP contribution in [-0.4, -0.2) is 56.8 Å². The lowest BCUT2D eigenvalue weighted by Gasteiger charge is -2.33. The predicted octanol–water partition coefficient (Wildman–Crippen LogP) is 3.17. The quantitative estimate of drug-likeness (QED) is 0.257. The maximum atomic E-state index is 5.67. The third-order valence-corrected chi connectivity index (χ3v) is 5.23. The number of guanidine groups is 1. The van der Waals surface area contributed by atoms with Crippen LogP contribution in [0, 0.1) is 12.8 Å². The Labute approximate surface area is 181 Å². The highest BCUT2D eigenvalue weighted by Crippen LogP contribution is 2.28. The summed E-state index contributed by atoms with van der Waals surface area (Å²) in [5.41, 5.74) is 2.76. The molecule has 6 heteroatoms. The van der Waals surface area contributed by atoms with Gasteiger partial charge in [0.1, 0.15) is 0 Å². The van der Waals surface area contributed by atoms with Crippen molar-refractivity contribution in [1.82, 2.24) is 15.5 Å². The van der Waals surface area contributed by atoms with E-state index in [1.807, 2.05) is 7.05 Å². The van der Waals surface area contributed by atoms with Crippen molar-refractivity contribution in [3.8, 4) is 0 Å². The average Bonchev–Trinajstić information content (AvgIpc) is 3.46. The molecule has 0 atom stereocenters. The highest BCUT2D eigenvalue weighted by molar-refractivity contribution is 14.0. The molecule has 0 bridgehead atoms. The smallest absolute Gasteiger partial charge is 0.191 e. The van der Waals surface area contributed by atoms with Crippen LogP contribution < -0.4 is 10.6 Å². The van der Waals surface area contributed by atoms with Gasteiger partial charge in [-0.25, -0.2) is 0 Å². The van der Waals surface area contributed by atoms with Crippen LogP contribution in [0.15, 0.2) is 29.3 Å². The summed E-state index contributed by atoms with van der Waals surface area (Å²) in [6.45, 7) is 7.98. The first-order valence-corrected chi connectivity index (χ1v) is 10.1. The van der Waals surface area contributed by atoms with E-state index in [4.69, 9.17) is 4.74 Å². The summed E-state index contributed by atoms with van der Waals surface area (Å²) in [7, 11) is 1.84. The van der Waals surface area contributed by atoms with Gasteiger partial charge >= 0.3 is 0 Å². The fourth-order valence-corrected chi connectivity index (χ4v) is 3.47. The molecule has 0 spiro atoms. The summed E-state index contributed by atoms with van der Waals surface area (Å²) >= 11 is 0. The fourth-order valence-electron chi connectivity index (χ4n) is 3.47. The van der Waals surface area contributed by atoms with Gasteiger partial charge in [0, 0.05) is 45.9 Å². The molecule has 0 radical (unpaired) electrons. The van der Waals surface area contributed by atoms with Crippen molar-refractivity contribution < 1.29 is 4.74 Å². The Morgan fingerprint density at radius 1 is 1.22 bits per heavy atom. The molecule has 1 aliphatic carbocycles. The van der Waals surface area contributed by atoms with E-state index >= 15 is 0 Å². The summed E-state index contributed by atoms with van der Waals surface area (Å²) in [5.74, 6) is 1.73. The number of aliphatic imine (C=N–C) groups is 1. The van der Waals surface area contributed by atoms with Gasteiger partial charge in [0.05, 0.1) is 6.61 Å². The molecule has 2 fully saturated rings. The van der Waals surface area contributed by atoms with Crippen LogP contribution >= 0.6 is 24.0 Å². The number of nitrogens with zero attached hydrogens (tertiary/aromatic N) is 2. The fraction of sp³-hybridized carbons (Fsp3) is 0.667. The maximum Gasteiger partial charge on any atom is 0.191 e. The maximum absolute atomic E-state index is 5.67. The lowest BCUT2D eigenvalue weighted by atomic mass is 10.0. The number of rotatable bonds is 8. The number of ether oxygens (including phenoxy) is 1. The van der Waals surface area contributed by atoms with Crippen LogP contribution in [0.4, 0.5) is 0 Å². The van der Waals surface area contributed by atoms with Crippen molar-refractivity contribution >= 4 is 29.9 Å². The van der Waals surface area contributed by atoms with Crippen LogP contribution in [0.2, 0.25) is 0 Å². The van der Waals surface area contributed by atoms with E-state index in [1.165, 1.54) is 24.0 Å². The molecule has 0 aromatic heterocycles. The minimum atomic E-state index is 0. The van der Waals surface area contributed by atoms with Crippen molar-refractivity contribution in [2.45, 2.75) is 45.2 Å². The third kappa shape index (κ3) is 8.35. The topological polar surface area (TPSA) is 48.9 Å². The molecule has 1 saturated heterocycles. The number of likely N-dealkylation sites (tertiary alicyclic amines) is 1. The number of hydrogen-bond acceptors (Lipinski definition) is 3. The van der Waals surface area contributed by atoms with E-state index in [0.29, 0.717) is 6.04 Å². The van der Waals surface area contributed by atoms with Gasteiger partial charge in [-0.1, -0.05) is 29.8 Å². The molecular formula is C21H35IN4O. The predicted molar refractivity (Wildman–Crippen MR) is 123 cm³/mol. The Balaban J connectivity index is 0.00000261. The van der Waals surface area contributed by atoms with Gasteiger partial charge < -0.3 is 15.4 Å². The number of piperidine rings is 1. The van der Waals surface area contributed by atoms with Gasteiger partial charge in [0.15, 0.2) is 5.96 Å². The largest absolute Gasteiger partial charge is 0.379 e. The van der Waals surface area contributed by atoms with Crippen LogP contribution in [0.25, 0.3) is 0 Å².